The molecule has 1 aromatic rings. The van der Waals surface area contributed by atoms with Crippen LogP contribution in [0, 0.1) is 5.92 Å². The summed E-state index contributed by atoms with van der Waals surface area (Å²) in [4.78, 5) is 109. The maximum absolute atomic E-state index is 13.8. The van der Waals surface area contributed by atoms with Crippen molar-refractivity contribution in [2.24, 2.45) is 39.6 Å². The highest BCUT2D eigenvalue weighted by molar-refractivity contribution is 7.98. The number of nitrogens with one attached hydrogen (secondary N) is 6. The molecule has 18 N–H and O–H groups in total. The second kappa shape index (κ2) is 30.5. The number of aliphatic carboxylic acids is 1. The largest absolute Gasteiger partial charge is 0.480 e. The first-order valence-corrected chi connectivity index (χ1v) is 22.2. The number of aliphatic imine (C=N–C) groups is 1. The Morgan fingerprint density at radius 3 is 1.70 bits per heavy atom. The van der Waals surface area contributed by atoms with Crippen LogP contribution in [-0.4, -0.2) is 137 Å². The van der Waals surface area contributed by atoms with Gasteiger partial charge >= 0.3 is 5.97 Å². The van der Waals surface area contributed by atoms with Gasteiger partial charge in [0, 0.05) is 19.4 Å². The van der Waals surface area contributed by atoms with Crippen molar-refractivity contribution >= 4 is 65.0 Å². The third kappa shape index (κ3) is 22.9. The number of guanidine groups is 1. The number of amides is 7. The van der Waals surface area contributed by atoms with E-state index in [1.54, 1.807) is 50.4 Å². The van der Waals surface area contributed by atoms with Crippen molar-refractivity contribution in [2.75, 3.05) is 31.7 Å². The molecule has 0 saturated heterocycles. The van der Waals surface area contributed by atoms with Gasteiger partial charge < -0.3 is 70.8 Å². The first-order chi connectivity index (χ1) is 29.8. The van der Waals surface area contributed by atoms with Gasteiger partial charge in [-0.15, -0.1) is 0 Å². The Bertz CT molecular complexity index is 1670. The lowest BCUT2D eigenvalue weighted by Gasteiger charge is -2.27. The molecule has 7 unspecified atom stereocenters. The first kappa shape index (κ1) is 55.5. The molecule has 7 amide bonds. The zero-order chi connectivity index (χ0) is 47.5. The predicted molar refractivity (Wildman–Crippen MR) is 238 cm³/mol. The number of primary amides is 1. The number of carboxylic acid groups (broad SMARTS) is 1. The molecule has 23 heteroatoms. The molecule has 0 aromatic heterocycles. The van der Waals surface area contributed by atoms with Gasteiger partial charge in [0.25, 0.3) is 0 Å². The van der Waals surface area contributed by atoms with E-state index in [1.165, 1.54) is 11.8 Å². The average Bonchev–Trinajstić information content (AvgIpc) is 3.22. The molecule has 0 aliphatic carbocycles. The van der Waals surface area contributed by atoms with Gasteiger partial charge in [0.05, 0.1) is 12.6 Å². The average molecular weight is 909 g/mol. The molecule has 0 aliphatic heterocycles. The second-order valence-electron chi connectivity index (χ2n) is 15.3. The zero-order valence-electron chi connectivity index (χ0n) is 36.3. The molecule has 0 aliphatic rings. The fourth-order valence-electron chi connectivity index (χ4n) is 6.06. The number of benzene rings is 1. The summed E-state index contributed by atoms with van der Waals surface area (Å²) in [5, 5.41) is 35.1. The summed E-state index contributed by atoms with van der Waals surface area (Å²) < 4.78 is 0. The number of rotatable bonds is 32. The number of carboxylic acids is 1. The standard InChI is InChI=1S/C40H68N12O10S/c1-23(2)20-29(37(59)51-30(39(61)62)21-24-10-5-4-6-11-24)50-36(58)28(16-19-63-3)49-35(57)27(14-15-32(43)54)48-38(60)31(22-53)52-34(56)26(13-9-18-46-40(44)45)47-33(55)25(42)12-7-8-17-41/h4-6,10-11,23,25-31,53H,7-9,12-22,41-42H2,1-3H3,(H2,43,54)(H,47,55)(H,48,60)(H,49,57)(H,50,58)(H,51,59)(H,52,56)(H,61,62)(H4,44,45,46). The van der Waals surface area contributed by atoms with Gasteiger partial charge in [-0.2, -0.15) is 11.8 Å². The number of thioether (sulfide) groups is 1. The lowest BCUT2D eigenvalue weighted by molar-refractivity contribution is -0.142. The van der Waals surface area contributed by atoms with Gasteiger partial charge in [0.1, 0.15) is 36.3 Å². The highest BCUT2D eigenvalue weighted by atomic mass is 32.2. The van der Waals surface area contributed by atoms with Gasteiger partial charge in [0.15, 0.2) is 5.96 Å². The summed E-state index contributed by atoms with van der Waals surface area (Å²) in [6.45, 7) is 3.16. The summed E-state index contributed by atoms with van der Waals surface area (Å²) in [7, 11) is 0. The van der Waals surface area contributed by atoms with Crippen LogP contribution in [0.25, 0.3) is 0 Å². The highest BCUT2D eigenvalue weighted by Crippen LogP contribution is 2.11. The number of hydrogen-bond acceptors (Lipinski definition) is 13. The van der Waals surface area contributed by atoms with Gasteiger partial charge in [-0.05, 0) is 75.0 Å². The van der Waals surface area contributed by atoms with Crippen LogP contribution < -0.4 is 60.6 Å². The number of hydrogen-bond donors (Lipinski definition) is 13. The zero-order valence-corrected chi connectivity index (χ0v) is 37.1. The van der Waals surface area contributed by atoms with Crippen LogP contribution in [0.1, 0.15) is 77.2 Å². The fourth-order valence-corrected chi connectivity index (χ4v) is 6.53. The van der Waals surface area contributed by atoms with Crippen molar-refractivity contribution in [2.45, 2.75) is 120 Å². The topological polar surface area (TPSA) is 392 Å². The smallest absolute Gasteiger partial charge is 0.326 e. The molecule has 1 aromatic carbocycles. The minimum Gasteiger partial charge on any atom is -0.480 e. The summed E-state index contributed by atoms with van der Waals surface area (Å²) in [5.41, 5.74) is 28.3. The van der Waals surface area contributed by atoms with E-state index in [9.17, 15) is 48.6 Å². The maximum Gasteiger partial charge on any atom is 0.326 e. The molecular weight excluding hydrogens is 841 g/mol. The molecule has 0 saturated carbocycles. The van der Waals surface area contributed by atoms with Crippen LogP contribution in [0.4, 0.5) is 0 Å². The Morgan fingerprint density at radius 2 is 1.17 bits per heavy atom. The normalized spacial score (nSPS) is 14.3. The van der Waals surface area contributed by atoms with Gasteiger partial charge in [0.2, 0.25) is 41.4 Å². The number of carbonyl (C=O) groups excluding carboxylic acids is 7. The van der Waals surface area contributed by atoms with Gasteiger partial charge in [-0.1, -0.05) is 50.6 Å². The summed E-state index contributed by atoms with van der Waals surface area (Å²) in [5.74, 6) is -7.09. The van der Waals surface area contributed by atoms with Crippen LogP contribution >= 0.6 is 11.8 Å². The minimum atomic E-state index is -1.67. The SMILES string of the molecule is CSCCC(NC(=O)C(CCC(N)=O)NC(=O)C(CO)NC(=O)C(CCCN=C(N)N)NC(=O)C(N)CCCCN)C(=O)NC(CC(C)C)C(=O)NC(Cc1ccccc1)C(=O)O. The molecule has 1 rings (SSSR count). The van der Waals surface area contributed by atoms with Gasteiger partial charge in [-0.25, -0.2) is 4.79 Å². The predicted octanol–water partition coefficient (Wildman–Crippen LogP) is -3.21. The lowest BCUT2D eigenvalue weighted by atomic mass is 10.0. The number of nitrogens with two attached hydrogens (primary N) is 5. The molecule has 0 fully saturated rings. The lowest BCUT2D eigenvalue weighted by Crippen LogP contribution is -2.60. The Kier molecular flexibility index (Phi) is 26.9. The van der Waals surface area contributed by atoms with Crippen LogP contribution in [0.5, 0.6) is 0 Å². The van der Waals surface area contributed by atoms with E-state index in [1.807, 2.05) is 0 Å². The third-order valence-electron chi connectivity index (χ3n) is 9.49. The molecule has 22 nitrogen and oxygen atoms in total. The molecule has 0 spiro atoms. The molecular formula is C40H68N12O10S. The van der Waals surface area contributed by atoms with Crippen molar-refractivity contribution < 1.29 is 48.6 Å². The van der Waals surface area contributed by atoms with Crippen molar-refractivity contribution in [3.8, 4) is 0 Å². The number of aliphatic hydroxyl groups is 1. The molecule has 0 radical (unpaired) electrons. The first-order valence-electron chi connectivity index (χ1n) is 20.8. The van der Waals surface area contributed by atoms with E-state index >= 15 is 0 Å². The van der Waals surface area contributed by atoms with Crippen molar-refractivity contribution in [1.82, 2.24) is 31.9 Å². The summed E-state index contributed by atoms with van der Waals surface area (Å²) in [6.07, 6.45) is 2.88. The van der Waals surface area contributed by atoms with Crippen LogP contribution in [0.3, 0.4) is 0 Å². The minimum absolute atomic E-state index is 0.000292. The maximum atomic E-state index is 13.8. The molecule has 63 heavy (non-hydrogen) atoms. The molecule has 7 atom stereocenters. The number of nitrogens with zero attached hydrogens (tertiary/aromatic N) is 1. The van der Waals surface area contributed by atoms with Crippen LogP contribution in [0.15, 0.2) is 35.3 Å². The molecule has 354 valence electrons. The second-order valence-corrected chi connectivity index (χ2v) is 16.3. The fraction of sp³-hybridized carbons (Fsp3) is 0.625. The van der Waals surface area contributed by atoms with E-state index in [-0.39, 0.29) is 63.4 Å². The highest BCUT2D eigenvalue weighted by Gasteiger charge is 2.34. The Labute approximate surface area is 372 Å². The Hall–Kier alpha value is -5.52. The van der Waals surface area contributed by atoms with E-state index in [0.29, 0.717) is 30.7 Å². The van der Waals surface area contributed by atoms with Crippen molar-refractivity contribution in [3.05, 3.63) is 35.9 Å². The Morgan fingerprint density at radius 1 is 0.667 bits per heavy atom. The summed E-state index contributed by atoms with van der Waals surface area (Å²) >= 11 is 1.36. The van der Waals surface area contributed by atoms with Crippen molar-refractivity contribution in [1.29, 1.82) is 0 Å². The van der Waals surface area contributed by atoms with Crippen LogP contribution in [0.2, 0.25) is 0 Å². The van der Waals surface area contributed by atoms with E-state index < -0.39 is 103 Å². The molecule has 0 bridgehead atoms. The molecule has 0 heterocycles. The van der Waals surface area contributed by atoms with E-state index in [4.69, 9.17) is 28.7 Å². The van der Waals surface area contributed by atoms with Gasteiger partial charge in [-0.3, -0.25) is 38.6 Å². The summed E-state index contributed by atoms with van der Waals surface area (Å²) in [6, 6.07) is -0.524. The van der Waals surface area contributed by atoms with E-state index in [0.717, 1.165) is 0 Å². The number of unbranched alkanes of at least 4 members (excludes halogenated alkanes) is 1. The van der Waals surface area contributed by atoms with Crippen molar-refractivity contribution in [3.63, 3.8) is 0 Å². The quantitative estimate of drug-likeness (QED) is 0.0192. The monoisotopic (exact) mass is 908 g/mol. The Balaban J connectivity index is 3.27. The van der Waals surface area contributed by atoms with Crippen LogP contribution in [-0.2, 0) is 44.8 Å². The number of aliphatic hydroxyl groups excluding tert-OH is 1. The van der Waals surface area contributed by atoms with E-state index in [2.05, 4.69) is 36.9 Å². The third-order valence-corrected chi connectivity index (χ3v) is 10.1. The number of carbonyl (C=O) groups is 8.